The van der Waals surface area contributed by atoms with Crippen molar-refractivity contribution in [3.63, 3.8) is 0 Å². The van der Waals surface area contributed by atoms with Crippen LogP contribution in [0.2, 0.25) is 5.02 Å². The van der Waals surface area contributed by atoms with E-state index in [9.17, 15) is 0 Å². The molecule has 0 unspecified atom stereocenters. The first-order chi connectivity index (χ1) is 8.33. The predicted molar refractivity (Wildman–Crippen MR) is 62.4 cm³/mol. The van der Waals surface area contributed by atoms with Gasteiger partial charge < -0.3 is 9.73 Å². The molecule has 2 aromatic heterocycles. The molecule has 5 nitrogen and oxygen atoms in total. The fraction of sp³-hybridized carbons (Fsp3) is 0.364. The third-order valence-corrected chi connectivity index (χ3v) is 2.89. The Kier molecular flexibility index (Phi) is 2.78. The minimum Gasteiger partial charge on any atom is -0.419 e. The molecule has 0 radical (unpaired) electrons. The van der Waals surface area contributed by atoms with Gasteiger partial charge in [0.1, 0.15) is 0 Å². The Labute approximate surface area is 103 Å². The van der Waals surface area contributed by atoms with Crippen molar-refractivity contribution in [1.82, 2.24) is 20.5 Å². The Balaban J connectivity index is 1.77. The first kappa shape index (κ1) is 10.7. The molecule has 2 aromatic rings. The Morgan fingerprint density at radius 2 is 2.29 bits per heavy atom. The van der Waals surface area contributed by atoms with Crippen LogP contribution >= 0.6 is 11.6 Å². The summed E-state index contributed by atoms with van der Waals surface area (Å²) in [5.74, 6) is 1.02. The molecule has 3 rings (SSSR count). The number of rotatable bonds is 4. The van der Waals surface area contributed by atoms with E-state index in [2.05, 4.69) is 20.5 Å². The number of pyridine rings is 1. The highest BCUT2D eigenvalue weighted by Gasteiger charge is 2.21. The summed E-state index contributed by atoms with van der Waals surface area (Å²) >= 11 is 6.00. The molecule has 0 aliphatic heterocycles. The van der Waals surface area contributed by atoms with Gasteiger partial charge in [0.25, 0.3) is 0 Å². The average Bonchev–Trinajstić information content (AvgIpc) is 3.06. The summed E-state index contributed by atoms with van der Waals surface area (Å²) in [4.78, 5) is 3.91. The minimum absolute atomic E-state index is 0.435. The molecule has 1 aliphatic carbocycles. The second-order valence-corrected chi connectivity index (χ2v) is 4.42. The Bertz CT molecular complexity index is 524. The zero-order chi connectivity index (χ0) is 11.7. The number of nitrogens with zero attached hydrogens (tertiary/aromatic N) is 3. The SMILES string of the molecule is Clc1cnccc1-c1nnc(CNC2CC2)o1. The van der Waals surface area contributed by atoms with E-state index >= 15 is 0 Å². The number of hydrogen-bond acceptors (Lipinski definition) is 5. The lowest BCUT2D eigenvalue weighted by Gasteiger charge is -1.97. The Hall–Kier alpha value is -1.46. The third-order valence-electron chi connectivity index (χ3n) is 2.59. The van der Waals surface area contributed by atoms with Crippen molar-refractivity contribution < 1.29 is 4.42 Å². The van der Waals surface area contributed by atoms with Crippen LogP contribution in [0.25, 0.3) is 11.5 Å². The maximum atomic E-state index is 6.00. The molecular weight excluding hydrogens is 240 g/mol. The van der Waals surface area contributed by atoms with Crippen molar-refractivity contribution in [1.29, 1.82) is 0 Å². The van der Waals surface area contributed by atoms with Crippen molar-refractivity contribution in [2.75, 3.05) is 0 Å². The first-order valence-electron chi connectivity index (χ1n) is 5.48. The molecule has 17 heavy (non-hydrogen) atoms. The van der Waals surface area contributed by atoms with E-state index in [1.807, 2.05) is 0 Å². The van der Waals surface area contributed by atoms with E-state index in [0.717, 1.165) is 0 Å². The Morgan fingerprint density at radius 3 is 3.06 bits per heavy atom. The quantitative estimate of drug-likeness (QED) is 0.900. The zero-order valence-electron chi connectivity index (χ0n) is 9.06. The van der Waals surface area contributed by atoms with Crippen LogP contribution in [0.4, 0.5) is 0 Å². The summed E-state index contributed by atoms with van der Waals surface area (Å²) in [5.41, 5.74) is 0.715. The number of aromatic nitrogens is 3. The van der Waals surface area contributed by atoms with E-state index in [1.54, 1.807) is 18.5 Å². The maximum absolute atomic E-state index is 6.00. The molecule has 0 amide bonds. The monoisotopic (exact) mass is 250 g/mol. The lowest BCUT2D eigenvalue weighted by atomic mass is 10.3. The highest BCUT2D eigenvalue weighted by atomic mass is 35.5. The van der Waals surface area contributed by atoms with Crippen molar-refractivity contribution >= 4 is 11.6 Å². The third kappa shape index (κ3) is 2.45. The topological polar surface area (TPSA) is 63.8 Å². The van der Waals surface area contributed by atoms with Gasteiger partial charge in [0.2, 0.25) is 11.8 Å². The van der Waals surface area contributed by atoms with Crippen LogP contribution in [0.3, 0.4) is 0 Å². The van der Waals surface area contributed by atoms with Crippen LogP contribution in [0.5, 0.6) is 0 Å². The van der Waals surface area contributed by atoms with Gasteiger partial charge in [-0.3, -0.25) is 4.98 Å². The number of nitrogens with one attached hydrogen (secondary N) is 1. The average molecular weight is 251 g/mol. The molecule has 1 saturated carbocycles. The maximum Gasteiger partial charge on any atom is 0.249 e. The van der Waals surface area contributed by atoms with Crippen molar-refractivity contribution in [2.24, 2.45) is 0 Å². The fourth-order valence-corrected chi connectivity index (χ4v) is 1.70. The van der Waals surface area contributed by atoms with Crippen LogP contribution in [0.15, 0.2) is 22.9 Å². The highest BCUT2D eigenvalue weighted by molar-refractivity contribution is 6.32. The molecule has 0 spiro atoms. The van der Waals surface area contributed by atoms with Crippen LogP contribution in [0.1, 0.15) is 18.7 Å². The van der Waals surface area contributed by atoms with Gasteiger partial charge in [-0.25, -0.2) is 0 Å². The summed E-state index contributed by atoms with van der Waals surface area (Å²) < 4.78 is 5.53. The fourth-order valence-electron chi connectivity index (χ4n) is 1.50. The number of hydrogen-bond donors (Lipinski definition) is 1. The van der Waals surface area contributed by atoms with Crippen LogP contribution in [0, 0.1) is 0 Å². The van der Waals surface area contributed by atoms with Gasteiger partial charge in [-0.15, -0.1) is 10.2 Å². The molecule has 0 atom stereocenters. The van der Waals surface area contributed by atoms with Gasteiger partial charge in [0, 0.05) is 18.4 Å². The summed E-state index contributed by atoms with van der Waals surface area (Å²) in [6, 6.07) is 2.38. The summed E-state index contributed by atoms with van der Waals surface area (Å²) in [5, 5.41) is 11.8. The molecule has 88 valence electrons. The molecule has 0 saturated heterocycles. The van der Waals surface area contributed by atoms with Gasteiger partial charge in [-0.1, -0.05) is 11.6 Å². The summed E-state index contributed by atoms with van der Waals surface area (Å²) in [7, 11) is 0. The summed E-state index contributed by atoms with van der Waals surface area (Å²) in [6.45, 7) is 0.611. The molecule has 1 N–H and O–H groups in total. The molecule has 6 heteroatoms. The summed E-state index contributed by atoms with van der Waals surface area (Å²) in [6.07, 6.45) is 5.67. The lowest BCUT2D eigenvalue weighted by molar-refractivity contribution is 0.476. The second kappa shape index (κ2) is 4.43. The zero-order valence-corrected chi connectivity index (χ0v) is 9.81. The van der Waals surface area contributed by atoms with Crippen molar-refractivity contribution in [2.45, 2.75) is 25.4 Å². The number of halogens is 1. The van der Waals surface area contributed by atoms with E-state index in [0.29, 0.717) is 35.0 Å². The first-order valence-corrected chi connectivity index (χ1v) is 5.86. The van der Waals surface area contributed by atoms with Gasteiger partial charge >= 0.3 is 0 Å². The molecule has 1 aliphatic rings. The normalized spacial score (nSPS) is 15.1. The van der Waals surface area contributed by atoms with E-state index in [1.165, 1.54) is 12.8 Å². The minimum atomic E-state index is 0.435. The van der Waals surface area contributed by atoms with Gasteiger partial charge in [-0.2, -0.15) is 0 Å². The van der Waals surface area contributed by atoms with Crippen LogP contribution < -0.4 is 5.32 Å². The lowest BCUT2D eigenvalue weighted by Crippen LogP contribution is -2.15. The van der Waals surface area contributed by atoms with Gasteiger partial charge in [-0.05, 0) is 18.9 Å². The largest absolute Gasteiger partial charge is 0.419 e. The molecule has 1 fully saturated rings. The van der Waals surface area contributed by atoms with Crippen molar-refractivity contribution in [3.8, 4) is 11.5 Å². The molecular formula is C11H11ClN4O. The van der Waals surface area contributed by atoms with E-state index in [-0.39, 0.29) is 0 Å². The Morgan fingerprint density at radius 1 is 1.41 bits per heavy atom. The van der Waals surface area contributed by atoms with E-state index in [4.69, 9.17) is 16.0 Å². The second-order valence-electron chi connectivity index (χ2n) is 4.01. The van der Waals surface area contributed by atoms with Crippen LogP contribution in [-0.2, 0) is 6.54 Å². The highest BCUT2D eigenvalue weighted by Crippen LogP contribution is 2.25. The molecule has 2 heterocycles. The van der Waals surface area contributed by atoms with Gasteiger partial charge in [0.15, 0.2) is 0 Å². The standard InChI is InChI=1S/C11H11ClN4O/c12-9-5-13-4-3-8(9)11-16-15-10(17-11)6-14-7-1-2-7/h3-5,7,14H,1-2,6H2. The molecule has 0 aromatic carbocycles. The van der Waals surface area contributed by atoms with Crippen LogP contribution in [-0.4, -0.2) is 21.2 Å². The molecule has 0 bridgehead atoms. The smallest absolute Gasteiger partial charge is 0.249 e. The predicted octanol–water partition coefficient (Wildman–Crippen LogP) is 2.04. The van der Waals surface area contributed by atoms with Crippen molar-refractivity contribution in [3.05, 3.63) is 29.4 Å². The van der Waals surface area contributed by atoms with E-state index < -0.39 is 0 Å². The van der Waals surface area contributed by atoms with Gasteiger partial charge in [0.05, 0.1) is 17.1 Å².